The minimum absolute atomic E-state index is 0.509. The summed E-state index contributed by atoms with van der Waals surface area (Å²) in [6.07, 6.45) is 3.61. The maximum Gasteiger partial charge on any atom is 0.500 e. The average Bonchev–Trinajstić information content (AvgIpc) is 2.75. The van der Waals surface area contributed by atoms with E-state index in [0.717, 1.165) is 19.3 Å². The zero-order valence-electron chi connectivity index (χ0n) is 18.4. The zero-order valence-corrected chi connectivity index (χ0v) is 22.1. The molecule has 0 aromatic heterocycles. The summed E-state index contributed by atoms with van der Waals surface area (Å²) in [4.78, 5) is 0. The molecule has 0 aromatic carbocycles. The standard InChI is InChI=1S/C17H36O8S2Si2/c1-18-28(19-2,20-3)14-8-12-24-16(26)10-7-11-17(27)25-13-9-15-29(21-4,22-5)23-6/h7-15H2,1-6H3. The predicted molar refractivity (Wildman–Crippen MR) is 123 cm³/mol. The highest BCUT2D eigenvalue weighted by molar-refractivity contribution is 7.80. The van der Waals surface area contributed by atoms with Crippen LogP contribution in [0.15, 0.2) is 0 Å². The second-order valence-electron chi connectivity index (χ2n) is 6.09. The summed E-state index contributed by atoms with van der Waals surface area (Å²) in [7, 11) is 4.50. The van der Waals surface area contributed by atoms with E-state index >= 15 is 0 Å². The maximum atomic E-state index is 5.59. The Bertz CT molecular complexity index is 406. The molecule has 29 heavy (non-hydrogen) atoms. The Labute approximate surface area is 188 Å². The van der Waals surface area contributed by atoms with Crippen molar-refractivity contribution in [2.75, 3.05) is 55.9 Å². The monoisotopic (exact) mass is 488 g/mol. The van der Waals surface area contributed by atoms with Gasteiger partial charge >= 0.3 is 17.6 Å². The molecule has 12 heteroatoms. The van der Waals surface area contributed by atoms with Crippen LogP contribution in [0.3, 0.4) is 0 Å². The first-order valence-electron chi connectivity index (χ1n) is 9.48. The van der Waals surface area contributed by atoms with Crippen LogP contribution in [0.1, 0.15) is 32.1 Å². The van der Waals surface area contributed by atoms with E-state index in [1.165, 1.54) is 0 Å². The molecule has 8 nitrogen and oxygen atoms in total. The van der Waals surface area contributed by atoms with Crippen LogP contribution in [-0.2, 0) is 36.0 Å². The molecule has 0 heterocycles. The lowest BCUT2D eigenvalue weighted by Crippen LogP contribution is -2.42. The molecule has 0 fully saturated rings. The van der Waals surface area contributed by atoms with Crippen molar-refractivity contribution in [2.45, 2.75) is 44.2 Å². The molecule has 0 aliphatic rings. The van der Waals surface area contributed by atoms with Crippen LogP contribution in [0.2, 0.25) is 12.1 Å². The Balaban J connectivity index is 3.85. The molecule has 0 rings (SSSR count). The van der Waals surface area contributed by atoms with Gasteiger partial charge in [-0.1, -0.05) is 0 Å². The fourth-order valence-electron chi connectivity index (χ4n) is 2.58. The molecule has 0 N–H and O–H groups in total. The molecular formula is C17H36O8S2Si2. The van der Waals surface area contributed by atoms with Gasteiger partial charge in [0.05, 0.1) is 13.2 Å². The molecule has 0 atom stereocenters. The van der Waals surface area contributed by atoms with E-state index in [-0.39, 0.29) is 0 Å². The maximum absolute atomic E-state index is 5.59. The van der Waals surface area contributed by atoms with Gasteiger partial charge in [-0.05, 0) is 43.7 Å². The lowest BCUT2D eigenvalue weighted by Gasteiger charge is -2.24. The Kier molecular flexibility index (Phi) is 16.6. The molecule has 0 aliphatic heterocycles. The van der Waals surface area contributed by atoms with Crippen LogP contribution in [-0.4, -0.2) is 83.6 Å². The average molecular weight is 489 g/mol. The smallest absolute Gasteiger partial charge is 0.487 e. The van der Waals surface area contributed by atoms with E-state index < -0.39 is 17.6 Å². The van der Waals surface area contributed by atoms with Crippen molar-refractivity contribution in [1.29, 1.82) is 0 Å². The molecule has 0 aromatic rings. The van der Waals surface area contributed by atoms with Crippen molar-refractivity contribution in [3.63, 3.8) is 0 Å². The molecular weight excluding hydrogens is 452 g/mol. The van der Waals surface area contributed by atoms with Gasteiger partial charge in [0.25, 0.3) is 0 Å². The number of hydrogen-bond donors (Lipinski definition) is 0. The van der Waals surface area contributed by atoms with Crippen LogP contribution in [0.25, 0.3) is 0 Å². The SMILES string of the molecule is CO[Si](CCCOC(=S)CCCC(=S)OCCC[Si](OC)(OC)OC)(OC)OC. The van der Waals surface area contributed by atoms with E-state index in [9.17, 15) is 0 Å². The van der Waals surface area contributed by atoms with Gasteiger partial charge in [-0.15, -0.1) is 0 Å². The van der Waals surface area contributed by atoms with Crippen LogP contribution in [0, 0.1) is 0 Å². The van der Waals surface area contributed by atoms with Crippen molar-refractivity contribution < 1.29 is 36.0 Å². The van der Waals surface area contributed by atoms with E-state index in [4.69, 9.17) is 60.5 Å². The van der Waals surface area contributed by atoms with Crippen molar-refractivity contribution in [2.24, 2.45) is 0 Å². The number of rotatable bonds is 18. The third-order valence-corrected chi connectivity index (χ3v) is 10.7. The molecule has 0 saturated carbocycles. The molecule has 0 aliphatic carbocycles. The van der Waals surface area contributed by atoms with E-state index in [1.807, 2.05) is 0 Å². The van der Waals surface area contributed by atoms with Gasteiger partial charge in [-0.2, -0.15) is 0 Å². The fraction of sp³-hybridized carbons (Fsp3) is 0.882. The number of ether oxygens (including phenoxy) is 2. The first-order chi connectivity index (χ1) is 13.9. The normalized spacial score (nSPS) is 12.1. The fourth-order valence-corrected chi connectivity index (χ4v) is 6.42. The summed E-state index contributed by atoms with van der Waals surface area (Å²) in [6, 6.07) is 1.35. The molecule has 0 bridgehead atoms. The van der Waals surface area contributed by atoms with Crippen molar-refractivity contribution in [3.05, 3.63) is 0 Å². The van der Waals surface area contributed by atoms with Gasteiger partial charge in [-0.3, -0.25) is 0 Å². The first-order valence-corrected chi connectivity index (χ1v) is 14.2. The van der Waals surface area contributed by atoms with Crippen LogP contribution >= 0.6 is 24.4 Å². The molecule has 0 unspecified atom stereocenters. The third-order valence-electron chi connectivity index (χ3n) is 4.41. The summed E-state index contributed by atoms with van der Waals surface area (Å²) in [5.74, 6) is 0. The quantitative estimate of drug-likeness (QED) is 0.163. The minimum atomic E-state index is -2.54. The van der Waals surface area contributed by atoms with Gasteiger partial charge in [0.2, 0.25) is 0 Å². The first kappa shape index (κ1) is 29.0. The van der Waals surface area contributed by atoms with Crippen molar-refractivity contribution in [3.8, 4) is 0 Å². The van der Waals surface area contributed by atoms with Crippen molar-refractivity contribution in [1.82, 2.24) is 0 Å². The lowest BCUT2D eigenvalue weighted by atomic mass is 10.2. The second-order valence-corrected chi connectivity index (χ2v) is 13.2. The second kappa shape index (κ2) is 16.6. The van der Waals surface area contributed by atoms with Crippen molar-refractivity contribution >= 4 is 52.1 Å². The summed E-state index contributed by atoms with van der Waals surface area (Å²) in [5, 5.41) is 1.15. The van der Waals surface area contributed by atoms with E-state index in [0.29, 0.717) is 48.2 Å². The van der Waals surface area contributed by atoms with E-state index in [2.05, 4.69) is 0 Å². The predicted octanol–water partition coefficient (Wildman–Crippen LogP) is 3.38. The highest BCUT2D eigenvalue weighted by Crippen LogP contribution is 2.16. The van der Waals surface area contributed by atoms with E-state index in [1.54, 1.807) is 42.7 Å². The van der Waals surface area contributed by atoms with Crippen LogP contribution < -0.4 is 0 Å². The summed E-state index contributed by atoms with van der Waals surface area (Å²) in [6.45, 7) is 1.02. The molecule has 0 amide bonds. The number of hydrogen-bond acceptors (Lipinski definition) is 10. The highest BCUT2D eigenvalue weighted by Gasteiger charge is 2.37. The Morgan fingerprint density at radius 3 is 1.14 bits per heavy atom. The number of thiocarbonyl (C=S) groups is 2. The minimum Gasteiger partial charge on any atom is -0.487 e. The van der Waals surface area contributed by atoms with Gasteiger partial charge < -0.3 is 36.0 Å². The third kappa shape index (κ3) is 11.8. The van der Waals surface area contributed by atoms with Gasteiger partial charge in [-0.25, -0.2) is 0 Å². The Morgan fingerprint density at radius 2 is 0.862 bits per heavy atom. The lowest BCUT2D eigenvalue weighted by molar-refractivity contribution is 0.120. The summed E-state index contributed by atoms with van der Waals surface area (Å²) >= 11 is 10.5. The Hall–Kier alpha value is -0.0262. The van der Waals surface area contributed by atoms with Crippen LogP contribution in [0.5, 0.6) is 0 Å². The summed E-state index contributed by atoms with van der Waals surface area (Å²) < 4.78 is 43.4. The summed E-state index contributed by atoms with van der Waals surface area (Å²) in [5.41, 5.74) is 0. The van der Waals surface area contributed by atoms with Gasteiger partial charge in [0, 0.05) is 67.6 Å². The Morgan fingerprint density at radius 1 is 0.552 bits per heavy atom. The molecule has 0 saturated heterocycles. The van der Waals surface area contributed by atoms with Crippen LogP contribution in [0.4, 0.5) is 0 Å². The van der Waals surface area contributed by atoms with Gasteiger partial charge in [0.1, 0.15) is 0 Å². The molecule has 0 radical (unpaired) electrons. The molecule has 172 valence electrons. The molecule has 0 spiro atoms. The topological polar surface area (TPSA) is 73.8 Å². The highest BCUT2D eigenvalue weighted by atomic mass is 32.1. The largest absolute Gasteiger partial charge is 0.500 e. The zero-order chi connectivity index (χ0) is 22.2. The van der Waals surface area contributed by atoms with Gasteiger partial charge in [0.15, 0.2) is 10.1 Å².